The zero-order valence-electron chi connectivity index (χ0n) is 16.0. The van der Waals surface area contributed by atoms with Gasteiger partial charge in [-0.05, 0) is 64.1 Å². The fourth-order valence-corrected chi connectivity index (χ4v) is 3.85. The van der Waals surface area contributed by atoms with Gasteiger partial charge in [-0.1, -0.05) is 29.8 Å². The topological polar surface area (TPSA) is 30.9 Å². The predicted molar refractivity (Wildman–Crippen MR) is 106 cm³/mol. The van der Waals surface area contributed by atoms with Gasteiger partial charge in [-0.2, -0.15) is 0 Å². The van der Waals surface area contributed by atoms with Gasteiger partial charge in [-0.3, -0.25) is 9.89 Å². The molecule has 2 saturated heterocycles. The maximum atomic E-state index is 4.95. The number of aryl methyl sites for hydroxylation is 1. The molecular weight excluding hydrogens is 308 g/mol. The quantitative estimate of drug-likeness (QED) is 0.658. The number of nitrogens with zero attached hydrogens (tertiary/aromatic N) is 3. The lowest BCUT2D eigenvalue weighted by Crippen LogP contribution is -2.40. The van der Waals surface area contributed by atoms with Crippen molar-refractivity contribution >= 4 is 5.96 Å². The van der Waals surface area contributed by atoms with Crippen molar-refractivity contribution in [2.45, 2.75) is 46.1 Å². The smallest absolute Gasteiger partial charge is 0.193 e. The molecule has 3 rings (SSSR count). The van der Waals surface area contributed by atoms with Crippen LogP contribution in [-0.4, -0.2) is 55.0 Å². The molecule has 0 aliphatic carbocycles. The van der Waals surface area contributed by atoms with E-state index < -0.39 is 0 Å². The Morgan fingerprint density at radius 2 is 1.76 bits per heavy atom. The Morgan fingerprint density at radius 1 is 1.08 bits per heavy atom. The van der Waals surface area contributed by atoms with Crippen molar-refractivity contribution in [2.24, 2.45) is 10.9 Å². The summed E-state index contributed by atoms with van der Waals surface area (Å²) in [6.45, 7) is 12.1. The Kier molecular flexibility index (Phi) is 6.74. The average molecular weight is 343 g/mol. The molecule has 4 heteroatoms. The van der Waals surface area contributed by atoms with Crippen LogP contribution in [0.3, 0.4) is 0 Å². The van der Waals surface area contributed by atoms with Crippen molar-refractivity contribution < 1.29 is 0 Å². The summed E-state index contributed by atoms with van der Waals surface area (Å²) >= 11 is 0. The molecule has 0 atom stereocenters. The standard InChI is InChI=1S/C21H34N4/c1-3-22-21(25-12-4-5-13-25)23-16-19-10-14-24(15-11-19)17-20-8-6-18(2)7-9-20/h6-9,19H,3-5,10-17H2,1-2H3,(H,22,23). The summed E-state index contributed by atoms with van der Waals surface area (Å²) in [6, 6.07) is 8.98. The van der Waals surface area contributed by atoms with E-state index in [1.54, 1.807) is 0 Å². The van der Waals surface area contributed by atoms with Gasteiger partial charge >= 0.3 is 0 Å². The highest BCUT2D eigenvalue weighted by Crippen LogP contribution is 2.20. The van der Waals surface area contributed by atoms with Crippen LogP contribution in [0.2, 0.25) is 0 Å². The van der Waals surface area contributed by atoms with Crippen LogP contribution in [0.4, 0.5) is 0 Å². The fourth-order valence-electron chi connectivity index (χ4n) is 3.85. The van der Waals surface area contributed by atoms with Crippen molar-refractivity contribution in [3.8, 4) is 0 Å². The number of benzene rings is 1. The van der Waals surface area contributed by atoms with Gasteiger partial charge in [0, 0.05) is 32.7 Å². The first-order chi connectivity index (χ1) is 12.2. The van der Waals surface area contributed by atoms with Gasteiger partial charge in [0.1, 0.15) is 0 Å². The normalized spacial score (nSPS) is 20.2. The number of nitrogens with one attached hydrogen (secondary N) is 1. The molecule has 0 saturated carbocycles. The lowest BCUT2D eigenvalue weighted by atomic mass is 9.96. The molecule has 2 heterocycles. The SMILES string of the molecule is CCNC(=NCC1CCN(Cc2ccc(C)cc2)CC1)N1CCCC1. The largest absolute Gasteiger partial charge is 0.357 e. The highest BCUT2D eigenvalue weighted by Gasteiger charge is 2.20. The molecule has 2 fully saturated rings. The summed E-state index contributed by atoms with van der Waals surface area (Å²) in [5.74, 6) is 1.88. The molecule has 138 valence electrons. The monoisotopic (exact) mass is 342 g/mol. The molecular formula is C21H34N4. The summed E-state index contributed by atoms with van der Waals surface area (Å²) in [7, 11) is 0. The lowest BCUT2D eigenvalue weighted by Gasteiger charge is -2.31. The summed E-state index contributed by atoms with van der Waals surface area (Å²) in [5, 5.41) is 3.48. The maximum Gasteiger partial charge on any atom is 0.193 e. The highest BCUT2D eigenvalue weighted by atomic mass is 15.3. The molecule has 0 unspecified atom stereocenters. The van der Waals surface area contributed by atoms with E-state index in [9.17, 15) is 0 Å². The van der Waals surface area contributed by atoms with Crippen LogP contribution in [-0.2, 0) is 6.54 Å². The van der Waals surface area contributed by atoms with Crippen LogP contribution >= 0.6 is 0 Å². The zero-order valence-corrected chi connectivity index (χ0v) is 16.0. The second-order valence-electron chi connectivity index (χ2n) is 7.59. The molecule has 25 heavy (non-hydrogen) atoms. The molecule has 1 N–H and O–H groups in total. The van der Waals surface area contributed by atoms with Crippen LogP contribution in [0, 0.1) is 12.8 Å². The molecule has 0 radical (unpaired) electrons. The Labute approximate surface area is 153 Å². The first-order valence-corrected chi connectivity index (χ1v) is 10.1. The summed E-state index contributed by atoms with van der Waals surface area (Å²) in [5.41, 5.74) is 2.78. The lowest BCUT2D eigenvalue weighted by molar-refractivity contribution is 0.180. The molecule has 2 aliphatic heterocycles. The van der Waals surface area contributed by atoms with Crippen LogP contribution in [0.15, 0.2) is 29.3 Å². The summed E-state index contributed by atoms with van der Waals surface area (Å²) in [4.78, 5) is 9.97. The fraction of sp³-hybridized carbons (Fsp3) is 0.667. The van der Waals surface area contributed by atoms with E-state index in [4.69, 9.17) is 4.99 Å². The van der Waals surface area contributed by atoms with Crippen molar-refractivity contribution in [1.82, 2.24) is 15.1 Å². The summed E-state index contributed by atoms with van der Waals surface area (Å²) in [6.07, 6.45) is 5.16. The van der Waals surface area contributed by atoms with Crippen LogP contribution < -0.4 is 5.32 Å². The van der Waals surface area contributed by atoms with Crippen LogP contribution in [0.25, 0.3) is 0 Å². The van der Waals surface area contributed by atoms with Gasteiger partial charge in [0.25, 0.3) is 0 Å². The molecule has 4 nitrogen and oxygen atoms in total. The Morgan fingerprint density at radius 3 is 2.40 bits per heavy atom. The van der Waals surface area contributed by atoms with E-state index in [-0.39, 0.29) is 0 Å². The van der Waals surface area contributed by atoms with E-state index in [0.717, 1.165) is 31.5 Å². The van der Waals surface area contributed by atoms with E-state index in [1.807, 2.05) is 0 Å². The minimum absolute atomic E-state index is 0.741. The number of rotatable bonds is 5. The average Bonchev–Trinajstić information content (AvgIpc) is 3.16. The van der Waals surface area contributed by atoms with E-state index in [2.05, 4.69) is 53.2 Å². The number of aliphatic imine (C=N–C) groups is 1. The highest BCUT2D eigenvalue weighted by molar-refractivity contribution is 5.80. The van der Waals surface area contributed by atoms with E-state index in [1.165, 1.54) is 63.0 Å². The van der Waals surface area contributed by atoms with Gasteiger partial charge in [0.15, 0.2) is 5.96 Å². The molecule has 2 aliphatic rings. The number of hydrogen-bond acceptors (Lipinski definition) is 2. The Balaban J connectivity index is 1.45. The van der Waals surface area contributed by atoms with Crippen LogP contribution in [0.1, 0.15) is 43.7 Å². The molecule has 0 spiro atoms. The van der Waals surface area contributed by atoms with Crippen molar-refractivity contribution in [3.63, 3.8) is 0 Å². The predicted octanol–water partition coefficient (Wildman–Crippen LogP) is 3.27. The molecule has 0 bridgehead atoms. The third-order valence-electron chi connectivity index (χ3n) is 5.47. The van der Waals surface area contributed by atoms with Crippen molar-refractivity contribution in [3.05, 3.63) is 35.4 Å². The summed E-state index contributed by atoms with van der Waals surface area (Å²) < 4.78 is 0. The number of hydrogen-bond donors (Lipinski definition) is 1. The maximum absolute atomic E-state index is 4.95. The Bertz CT molecular complexity index is 538. The van der Waals surface area contributed by atoms with Gasteiger partial charge < -0.3 is 10.2 Å². The third-order valence-corrected chi connectivity index (χ3v) is 5.47. The molecule has 0 aromatic heterocycles. The number of piperidine rings is 1. The van der Waals surface area contributed by atoms with Gasteiger partial charge in [-0.25, -0.2) is 0 Å². The van der Waals surface area contributed by atoms with Gasteiger partial charge in [-0.15, -0.1) is 0 Å². The molecule has 1 aromatic rings. The minimum Gasteiger partial charge on any atom is -0.357 e. The van der Waals surface area contributed by atoms with Crippen molar-refractivity contribution in [2.75, 3.05) is 39.3 Å². The molecule has 0 amide bonds. The Hall–Kier alpha value is -1.55. The number of guanidine groups is 1. The molecule has 1 aromatic carbocycles. The number of likely N-dealkylation sites (tertiary alicyclic amines) is 2. The second kappa shape index (κ2) is 9.23. The van der Waals surface area contributed by atoms with Gasteiger partial charge in [0.2, 0.25) is 0 Å². The second-order valence-corrected chi connectivity index (χ2v) is 7.59. The van der Waals surface area contributed by atoms with Crippen molar-refractivity contribution in [1.29, 1.82) is 0 Å². The van der Waals surface area contributed by atoms with Crippen LogP contribution in [0.5, 0.6) is 0 Å². The van der Waals surface area contributed by atoms with Gasteiger partial charge in [0.05, 0.1) is 0 Å². The third kappa shape index (κ3) is 5.46. The first-order valence-electron chi connectivity index (χ1n) is 10.1. The van der Waals surface area contributed by atoms with E-state index in [0.29, 0.717) is 0 Å². The zero-order chi connectivity index (χ0) is 17.5. The first kappa shape index (κ1) is 18.2. The van der Waals surface area contributed by atoms with E-state index >= 15 is 0 Å². The minimum atomic E-state index is 0.741.